The monoisotopic (exact) mass is 301 g/mol. The molecule has 0 atom stereocenters. The molecule has 1 aliphatic rings. The molecule has 0 aromatic heterocycles. The summed E-state index contributed by atoms with van der Waals surface area (Å²) in [6.45, 7) is 0.321. The summed E-state index contributed by atoms with van der Waals surface area (Å²) in [6, 6.07) is 12.2. The predicted molar refractivity (Wildman–Crippen MR) is 80.0 cm³/mol. The molecule has 21 heavy (non-hydrogen) atoms. The van der Waals surface area contributed by atoms with E-state index in [0.717, 1.165) is 5.56 Å². The van der Waals surface area contributed by atoms with E-state index in [1.807, 2.05) is 12.1 Å². The van der Waals surface area contributed by atoms with Crippen molar-refractivity contribution >= 4 is 29.0 Å². The zero-order chi connectivity index (χ0) is 15.0. The zero-order valence-electron chi connectivity index (χ0n) is 11.3. The predicted octanol–water partition coefficient (Wildman–Crippen LogP) is 3.08. The van der Waals surface area contributed by atoms with Crippen molar-refractivity contribution < 1.29 is 14.3 Å². The highest BCUT2D eigenvalue weighted by Gasteiger charge is 2.35. The summed E-state index contributed by atoms with van der Waals surface area (Å²) in [4.78, 5) is 25.6. The van der Waals surface area contributed by atoms with Gasteiger partial charge in [0.25, 0.3) is 11.7 Å². The average molecular weight is 302 g/mol. The number of halogens is 1. The maximum atomic E-state index is 12.1. The number of nitrogens with zero attached hydrogens (tertiary/aromatic N) is 1. The molecule has 2 aromatic carbocycles. The molecule has 0 saturated heterocycles. The average Bonchev–Trinajstić information content (AvgIpc) is 2.74. The molecule has 1 aliphatic heterocycles. The van der Waals surface area contributed by atoms with Crippen molar-refractivity contribution in [3.05, 3.63) is 58.6 Å². The van der Waals surface area contributed by atoms with E-state index in [1.165, 1.54) is 4.90 Å². The van der Waals surface area contributed by atoms with Crippen molar-refractivity contribution in [1.82, 2.24) is 0 Å². The number of carbonyl (C=O) groups is 2. The van der Waals surface area contributed by atoms with Crippen LogP contribution in [0.1, 0.15) is 15.9 Å². The number of hydrogen-bond acceptors (Lipinski definition) is 3. The number of anilines is 1. The Hall–Kier alpha value is -2.33. The van der Waals surface area contributed by atoms with Crippen LogP contribution in [0.15, 0.2) is 42.5 Å². The number of ether oxygens (including phenoxy) is 1. The van der Waals surface area contributed by atoms with E-state index in [0.29, 0.717) is 28.6 Å². The molecule has 3 rings (SSSR count). The van der Waals surface area contributed by atoms with Crippen LogP contribution in [0.25, 0.3) is 0 Å². The van der Waals surface area contributed by atoms with Gasteiger partial charge >= 0.3 is 0 Å². The molecule has 1 heterocycles. The third-order valence-electron chi connectivity index (χ3n) is 3.43. The summed E-state index contributed by atoms with van der Waals surface area (Å²) in [5.74, 6) is -0.396. The molecule has 0 bridgehead atoms. The maximum Gasteiger partial charge on any atom is 0.299 e. The van der Waals surface area contributed by atoms with E-state index >= 15 is 0 Å². The molecule has 0 fully saturated rings. The first-order valence-corrected chi connectivity index (χ1v) is 6.76. The number of methoxy groups -OCH3 is 1. The topological polar surface area (TPSA) is 46.6 Å². The van der Waals surface area contributed by atoms with Crippen LogP contribution in [0.2, 0.25) is 5.02 Å². The summed E-state index contributed by atoms with van der Waals surface area (Å²) >= 11 is 5.85. The van der Waals surface area contributed by atoms with Gasteiger partial charge in [-0.2, -0.15) is 0 Å². The van der Waals surface area contributed by atoms with E-state index in [4.69, 9.17) is 16.3 Å². The van der Waals surface area contributed by atoms with E-state index in [9.17, 15) is 9.59 Å². The van der Waals surface area contributed by atoms with Crippen LogP contribution in [-0.2, 0) is 11.3 Å². The third kappa shape index (κ3) is 2.38. The van der Waals surface area contributed by atoms with Gasteiger partial charge in [0, 0.05) is 11.1 Å². The van der Waals surface area contributed by atoms with Gasteiger partial charge in [-0.05, 0) is 29.8 Å². The largest absolute Gasteiger partial charge is 0.497 e. The summed E-state index contributed by atoms with van der Waals surface area (Å²) in [5.41, 5.74) is 1.89. The number of hydrogen-bond donors (Lipinski definition) is 0. The van der Waals surface area contributed by atoms with E-state index < -0.39 is 11.7 Å². The van der Waals surface area contributed by atoms with Crippen molar-refractivity contribution in [3.8, 4) is 5.75 Å². The summed E-state index contributed by atoms with van der Waals surface area (Å²) < 4.78 is 5.16. The Balaban J connectivity index is 1.98. The van der Waals surface area contributed by atoms with E-state index in [-0.39, 0.29) is 0 Å². The van der Waals surface area contributed by atoms with Crippen molar-refractivity contribution in [2.24, 2.45) is 0 Å². The van der Waals surface area contributed by atoms with E-state index in [2.05, 4.69) is 0 Å². The van der Waals surface area contributed by atoms with Gasteiger partial charge in [0.2, 0.25) is 0 Å². The second-order valence-electron chi connectivity index (χ2n) is 4.73. The van der Waals surface area contributed by atoms with Crippen molar-refractivity contribution in [2.45, 2.75) is 6.54 Å². The fourth-order valence-electron chi connectivity index (χ4n) is 2.33. The molecule has 5 heteroatoms. The maximum absolute atomic E-state index is 12.1. The first-order valence-electron chi connectivity index (χ1n) is 6.39. The van der Waals surface area contributed by atoms with Gasteiger partial charge in [-0.1, -0.05) is 23.7 Å². The number of fused-ring (bicyclic) bond motifs is 1. The fourth-order valence-corrected chi connectivity index (χ4v) is 2.46. The second kappa shape index (κ2) is 5.22. The van der Waals surface area contributed by atoms with Gasteiger partial charge in [-0.15, -0.1) is 0 Å². The van der Waals surface area contributed by atoms with Crippen molar-refractivity contribution in [1.29, 1.82) is 0 Å². The minimum Gasteiger partial charge on any atom is -0.497 e. The molecule has 0 spiro atoms. The van der Waals surface area contributed by atoms with Crippen molar-refractivity contribution in [2.75, 3.05) is 12.0 Å². The van der Waals surface area contributed by atoms with Crippen LogP contribution in [0, 0.1) is 0 Å². The van der Waals surface area contributed by atoms with Gasteiger partial charge in [-0.25, -0.2) is 0 Å². The van der Waals surface area contributed by atoms with Crippen LogP contribution in [0.3, 0.4) is 0 Å². The lowest BCUT2D eigenvalue weighted by Gasteiger charge is -2.17. The van der Waals surface area contributed by atoms with Crippen LogP contribution in [0.5, 0.6) is 5.75 Å². The number of rotatable bonds is 3. The molecule has 2 aromatic rings. The second-order valence-corrected chi connectivity index (χ2v) is 5.17. The zero-order valence-corrected chi connectivity index (χ0v) is 12.1. The molecule has 0 aliphatic carbocycles. The van der Waals surface area contributed by atoms with Crippen LogP contribution < -0.4 is 9.64 Å². The molecule has 0 unspecified atom stereocenters. The molecule has 4 nitrogen and oxygen atoms in total. The number of ketones is 1. The smallest absolute Gasteiger partial charge is 0.299 e. The lowest BCUT2D eigenvalue weighted by atomic mass is 10.1. The Morgan fingerprint density at radius 3 is 2.48 bits per heavy atom. The highest BCUT2D eigenvalue weighted by atomic mass is 35.5. The van der Waals surface area contributed by atoms with Crippen LogP contribution in [-0.4, -0.2) is 18.8 Å². The Morgan fingerprint density at radius 2 is 1.81 bits per heavy atom. The fraction of sp³-hybridized carbons (Fsp3) is 0.125. The minimum atomic E-state index is -0.520. The molecule has 1 amide bonds. The third-order valence-corrected chi connectivity index (χ3v) is 3.69. The minimum absolute atomic E-state index is 0.321. The van der Waals surface area contributed by atoms with Crippen molar-refractivity contribution in [3.63, 3.8) is 0 Å². The number of amides is 1. The summed E-state index contributed by atoms with van der Waals surface area (Å²) in [6.07, 6.45) is 0. The van der Waals surface area contributed by atoms with Crippen LogP contribution >= 0.6 is 11.6 Å². The van der Waals surface area contributed by atoms with Gasteiger partial charge in [0.1, 0.15) is 5.75 Å². The highest BCUT2D eigenvalue weighted by molar-refractivity contribution is 6.52. The Kier molecular flexibility index (Phi) is 3.39. The van der Waals surface area contributed by atoms with E-state index in [1.54, 1.807) is 37.4 Å². The summed E-state index contributed by atoms with van der Waals surface area (Å²) in [5, 5.41) is 0.629. The Morgan fingerprint density at radius 1 is 1.10 bits per heavy atom. The molecule has 106 valence electrons. The number of Topliss-reactive ketones (excluding diaryl/α,β-unsaturated/α-hetero) is 1. The van der Waals surface area contributed by atoms with Gasteiger partial charge in [-0.3, -0.25) is 9.59 Å². The lowest BCUT2D eigenvalue weighted by molar-refractivity contribution is -0.114. The molecular formula is C16H12ClNO3. The first-order chi connectivity index (χ1) is 10.1. The highest BCUT2D eigenvalue weighted by Crippen LogP contribution is 2.33. The SMILES string of the molecule is COc1ccc2c(c1)N(Cc1ccc(Cl)cc1)C(=O)C2=O. The molecule has 0 radical (unpaired) electrons. The number of benzene rings is 2. The van der Waals surface area contributed by atoms with Crippen LogP contribution in [0.4, 0.5) is 5.69 Å². The molecule has 0 saturated carbocycles. The standard InChI is InChI=1S/C16H12ClNO3/c1-21-12-6-7-13-14(8-12)18(16(20)15(13)19)9-10-2-4-11(17)5-3-10/h2-8H,9H2,1H3. The first kappa shape index (κ1) is 13.6. The number of carbonyl (C=O) groups excluding carboxylic acids is 2. The van der Waals surface area contributed by atoms with Gasteiger partial charge in [0.05, 0.1) is 24.9 Å². The molecule has 0 N–H and O–H groups in total. The Bertz CT molecular complexity index is 725. The van der Waals surface area contributed by atoms with Gasteiger partial charge < -0.3 is 9.64 Å². The Labute approximate surface area is 126 Å². The summed E-state index contributed by atoms with van der Waals surface area (Å²) in [7, 11) is 1.55. The lowest BCUT2D eigenvalue weighted by Crippen LogP contribution is -2.29. The normalized spacial score (nSPS) is 13.5. The molecular weight excluding hydrogens is 290 g/mol. The quantitative estimate of drug-likeness (QED) is 0.819. The van der Waals surface area contributed by atoms with Gasteiger partial charge in [0.15, 0.2) is 0 Å².